The molecule has 0 saturated heterocycles. The highest BCUT2D eigenvalue weighted by atomic mass is 35.5. The molecule has 0 radical (unpaired) electrons. The van der Waals surface area contributed by atoms with Crippen molar-refractivity contribution in [2.24, 2.45) is 7.05 Å². The number of rotatable bonds is 5. The van der Waals surface area contributed by atoms with Crippen LogP contribution in [0.2, 0.25) is 0 Å². The molecule has 6 heteroatoms. The van der Waals surface area contributed by atoms with Gasteiger partial charge in [-0.05, 0) is 6.07 Å². The molecule has 0 aliphatic rings. The molecule has 5 nitrogen and oxygen atoms in total. The number of aromatic nitrogens is 5. The Morgan fingerprint density at radius 3 is 2.94 bits per heavy atom. The first-order valence-electron chi connectivity index (χ1n) is 5.21. The smallest absolute Gasteiger partial charge is 0.0839 e. The standard InChI is InChI=1S/C10H14ClN5/c1-15-10(3-6-12-15)4-7-16-8-9(2-5-11)13-14-16/h3,6,8H,2,4-5,7H2,1H3. The van der Waals surface area contributed by atoms with Crippen LogP contribution in [0.15, 0.2) is 18.5 Å². The van der Waals surface area contributed by atoms with Crippen LogP contribution in [-0.2, 0) is 26.4 Å². The molecule has 86 valence electrons. The van der Waals surface area contributed by atoms with Crippen molar-refractivity contribution in [1.29, 1.82) is 0 Å². The number of halogens is 1. The molecular formula is C10H14ClN5. The van der Waals surface area contributed by atoms with E-state index in [0.29, 0.717) is 5.88 Å². The lowest BCUT2D eigenvalue weighted by Crippen LogP contribution is -2.06. The largest absolute Gasteiger partial charge is 0.273 e. The number of aryl methyl sites for hydroxylation is 4. The van der Waals surface area contributed by atoms with Gasteiger partial charge in [-0.25, -0.2) is 0 Å². The van der Waals surface area contributed by atoms with E-state index in [1.807, 2.05) is 28.7 Å². The molecule has 2 rings (SSSR count). The topological polar surface area (TPSA) is 48.5 Å². The summed E-state index contributed by atoms with van der Waals surface area (Å²) in [6.45, 7) is 0.814. The summed E-state index contributed by atoms with van der Waals surface area (Å²) in [6, 6.07) is 2.01. The molecule has 0 fully saturated rings. The Bertz CT molecular complexity index is 448. The Morgan fingerprint density at radius 1 is 1.38 bits per heavy atom. The van der Waals surface area contributed by atoms with Crippen molar-refractivity contribution in [2.75, 3.05) is 5.88 Å². The summed E-state index contributed by atoms with van der Waals surface area (Å²) in [5.41, 5.74) is 2.13. The second-order valence-corrected chi connectivity index (χ2v) is 3.99. The van der Waals surface area contributed by atoms with Crippen molar-refractivity contribution in [3.8, 4) is 0 Å². The van der Waals surface area contributed by atoms with Crippen LogP contribution in [0.1, 0.15) is 11.4 Å². The first-order valence-corrected chi connectivity index (χ1v) is 5.75. The first kappa shape index (κ1) is 11.1. The molecule has 0 aliphatic carbocycles. The maximum atomic E-state index is 5.64. The zero-order valence-corrected chi connectivity index (χ0v) is 9.93. The molecule has 2 aromatic rings. The third-order valence-corrected chi connectivity index (χ3v) is 2.65. The number of hydrogen-bond acceptors (Lipinski definition) is 3. The van der Waals surface area contributed by atoms with Crippen LogP contribution >= 0.6 is 11.6 Å². The summed E-state index contributed by atoms with van der Waals surface area (Å²) in [4.78, 5) is 0. The van der Waals surface area contributed by atoms with E-state index < -0.39 is 0 Å². The van der Waals surface area contributed by atoms with Crippen LogP contribution in [0.5, 0.6) is 0 Å². The zero-order chi connectivity index (χ0) is 11.4. The van der Waals surface area contributed by atoms with Crippen molar-refractivity contribution >= 4 is 11.6 Å². The lowest BCUT2D eigenvalue weighted by Gasteiger charge is -2.01. The Labute approximate surface area is 99.0 Å². The predicted octanol–water partition coefficient (Wildman–Crippen LogP) is 1.04. The van der Waals surface area contributed by atoms with E-state index in [-0.39, 0.29) is 0 Å². The molecule has 2 aromatic heterocycles. The minimum atomic E-state index is 0.584. The monoisotopic (exact) mass is 239 g/mol. The zero-order valence-electron chi connectivity index (χ0n) is 9.17. The van der Waals surface area contributed by atoms with E-state index in [2.05, 4.69) is 15.4 Å². The Hall–Kier alpha value is -1.36. The normalized spacial score (nSPS) is 10.9. The third kappa shape index (κ3) is 2.61. The summed E-state index contributed by atoms with van der Waals surface area (Å²) in [6.07, 6.45) is 5.42. The number of alkyl halides is 1. The average Bonchev–Trinajstić information content (AvgIpc) is 2.86. The minimum Gasteiger partial charge on any atom is -0.273 e. The maximum Gasteiger partial charge on any atom is 0.0839 e. The summed E-state index contributed by atoms with van der Waals surface area (Å²) in [5.74, 6) is 0.584. The third-order valence-electron chi connectivity index (χ3n) is 2.46. The van der Waals surface area contributed by atoms with E-state index in [0.717, 1.165) is 25.1 Å². The van der Waals surface area contributed by atoms with Gasteiger partial charge in [0.15, 0.2) is 0 Å². The second-order valence-electron chi connectivity index (χ2n) is 3.61. The fraction of sp³-hybridized carbons (Fsp3) is 0.500. The Kier molecular flexibility index (Phi) is 3.56. The SMILES string of the molecule is Cn1nccc1CCn1cc(CCCl)nn1. The van der Waals surface area contributed by atoms with Gasteiger partial charge in [0, 0.05) is 50.4 Å². The van der Waals surface area contributed by atoms with E-state index in [4.69, 9.17) is 11.6 Å². The van der Waals surface area contributed by atoms with Gasteiger partial charge >= 0.3 is 0 Å². The lowest BCUT2D eigenvalue weighted by atomic mass is 10.3. The molecule has 0 atom stereocenters. The number of hydrogen-bond donors (Lipinski definition) is 0. The second kappa shape index (κ2) is 5.12. The van der Waals surface area contributed by atoms with Gasteiger partial charge in [0.1, 0.15) is 0 Å². The fourth-order valence-electron chi connectivity index (χ4n) is 1.53. The molecule has 0 unspecified atom stereocenters. The van der Waals surface area contributed by atoms with Crippen LogP contribution in [0, 0.1) is 0 Å². The van der Waals surface area contributed by atoms with E-state index in [9.17, 15) is 0 Å². The molecule has 0 saturated carbocycles. The Balaban J connectivity index is 1.92. The molecule has 2 heterocycles. The van der Waals surface area contributed by atoms with E-state index in [1.54, 1.807) is 6.20 Å². The molecule has 0 aliphatic heterocycles. The minimum absolute atomic E-state index is 0.584. The summed E-state index contributed by atoms with van der Waals surface area (Å²) in [5, 5.41) is 12.2. The molecule has 0 N–H and O–H groups in total. The van der Waals surface area contributed by atoms with Crippen molar-refractivity contribution in [3.63, 3.8) is 0 Å². The van der Waals surface area contributed by atoms with Crippen LogP contribution < -0.4 is 0 Å². The van der Waals surface area contributed by atoms with Gasteiger partial charge in [0.25, 0.3) is 0 Å². The molecule has 0 amide bonds. The van der Waals surface area contributed by atoms with Crippen LogP contribution in [0.3, 0.4) is 0 Å². The first-order chi connectivity index (χ1) is 7.79. The van der Waals surface area contributed by atoms with Crippen LogP contribution in [0.25, 0.3) is 0 Å². The molecule has 16 heavy (non-hydrogen) atoms. The summed E-state index contributed by atoms with van der Waals surface area (Å²) in [7, 11) is 1.94. The predicted molar refractivity (Wildman–Crippen MR) is 61.4 cm³/mol. The quantitative estimate of drug-likeness (QED) is 0.733. The fourth-order valence-corrected chi connectivity index (χ4v) is 1.73. The van der Waals surface area contributed by atoms with Gasteiger partial charge < -0.3 is 0 Å². The summed E-state index contributed by atoms with van der Waals surface area (Å²) >= 11 is 5.64. The van der Waals surface area contributed by atoms with Crippen molar-refractivity contribution < 1.29 is 0 Å². The van der Waals surface area contributed by atoms with Crippen molar-refractivity contribution in [3.05, 3.63) is 29.8 Å². The van der Waals surface area contributed by atoms with Crippen molar-refractivity contribution in [2.45, 2.75) is 19.4 Å². The van der Waals surface area contributed by atoms with Crippen molar-refractivity contribution in [1.82, 2.24) is 24.8 Å². The highest BCUT2D eigenvalue weighted by molar-refractivity contribution is 6.17. The highest BCUT2D eigenvalue weighted by Crippen LogP contribution is 2.01. The molecule has 0 bridgehead atoms. The molecule has 0 aromatic carbocycles. The van der Waals surface area contributed by atoms with Gasteiger partial charge in [-0.3, -0.25) is 9.36 Å². The van der Waals surface area contributed by atoms with Gasteiger partial charge in [-0.15, -0.1) is 16.7 Å². The summed E-state index contributed by atoms with van der Waals surface area (Å²) < 4.78 is 3.71. The van der Waals surface area contributed by atoms with Crippen LogP contribution in [-0.4, -0.2) is 30.7 Å². The van der Waals surface area contributed by atoms with Gasteiger partial charge in [0.2, 0.25) is 0 Å². The molecular weight excluding hydrogens is 226 g/mol. The van der Waals surface area contributed by atoms with E-state index in [1.165, 1.54) is 5.69 Å². The highest BCUT2D eigenvalue weighted by Gasteiger charge is 2.02. The number of nitrogens with zero attached hydrogens (tertiary/aromatic N) is 5. The van der Waals surface area contributed by atoms with Gasteiger partial charge in [-0.1, -0.05) is 5.21 Å². The Morgan fingerprint density at radius 2 is 2.25 bits per heavy atom. The lowest BCUT2D eigenvalue weighted by molar-refractivity contribution is 0.567. The maximum absolute atomic E-state index is 5.64. The molecule has 0 spiro atoms. The van der Waals surface area contributed by atoms with Gasteiger partial charge in [-0.2, -0.15) is 5.10 Å². The van der Waals surface area contributed by atoms with E-state index >= 15 is 0 Å². The average molecular weight is 240 g/mol. The van der Waals surface area contributed by atoms with Gasteiger partial charge in [0.05, 0.1) is 5.69 Å². The van der Waals surface area contributed by atoms with Crippen LogP contribution in [0.4, 0.5) is 0 Å².